The number of ether oxygens (including phenoxy) is 1. The van der Waals surface area contributed by atoms with Gasteiger partial charge in [0, 0.05) is 5.56 Å². The van der Waals surface area contributed by atoms with Crippen LogP contribution in [0.3, 0.4) is 0 Å². The van der Waals surface area contributed by atoms with Gasteiger partial charge in [-0.2, -0.15) is 0 Å². The smallest absolute Gasteiger partial charge is 0.182 e. The number of hydrogen-bond donors (Lipinski definition) is 1. The van der Waals surface area contributed by atoms with E-state index >= 15 is 0 Å². The van der Waals surface area contributed by atoms with Gasteiger partial charge in [-0.25, -0.2) is 0 Å². The molecule has 2 rings (SSSR count). The predicted octanol–water partition coefficient (Wildman–Crippen LogP) is 1.77. The van der Waals surface area contributed by atoms with Gasteiger partial charge in [-0.05, 0) is 12.5 Å². The van der Waals surface area contributed by atoms with Crippen LogP contribution >= 0.6 is 0 Å². The molecular formula is C9H10O2. The Labute approximate surface area is 65.4 Å². The van der Waals surface area contributed by atoms with Gasteiger partial charge in [-0.3, -0.25) is 0 Å². The quantitative estimate of drug-likeness (QED) is 0.610. The Morgan fingerprint density at radius 3 is 2.55 bits per heavy atom. The van der Waals surface area contributed by atoms with Crippen LogP contribution in [0.2, 0.25) is 0 Å². The fourth-order valence-electron chi connectivity index (χ4n) is 1.45. The van der Waals surface area contributed by atoms with E-state index in [0.717, 1.165) is 11.1 Å². The first-order valence-electron chi connectivity index (χ1n) is 3.71. The molecule has 0 saturated heterocycles. The van der Waals surface area contributed by atoms with Crippen molar-refractivity contribution in [3.05, 3.63) is 35.4 Å². The maximum atomic E-state index is 9.33. The molecule has 0 bridgehead atoms. The number of aliphatic hydroxyl groups is 1. The maximum absolute atomic E-state index is 9.33. The van der Waals surface area contributed by atoms with Crippen LogP contribution in [0.25, 0.3) is 0 Å². The standard InChI is InChI=1S/C9H10O2/c1-6-7-4-2-3-5-8(7)9(10)11-6/h2-6,9-10H,1H3/t6-,9+/m0/s1. The number of rotatable bonds is 0. The minimum atomic E-state index is -0.721. The molecule has 11 heavy (non-hydrogen) atoms. The zero-order valence-corrected chi connectivity index (χ0v) is 6.32. The van der Waals surface area contributed by atoms with Crippen LogP contribution in [-0.4, -0.2) is 5.11 Å². The minimum absolute atomic E-state index is 0.0289. The van der Waals surface area contributed by atoms with E-state index in [2.05, 4.69) is 0 Å². The molecule has 0 saturated carbocycles. The highest BCUT2D eigenvalue weighted by molar-refractivity contribution is 5.32. The van der Waals surface area contributed by atoms with Crippen molar-refractivity contribution in [2.75, 3.05) is 0 Å². The summed E-state index contributed by atoms with van der Waals surface area (Å²) in [5, 5.41) is 9.33. The Bertz CT molecular complexity index is 243. The monoisotopic (exact) mass is 150 g/mol. The summed E-state index contributed by atoms with van der Waals surface area (Å²) >= 11 is 0. The summed E-state index contributed by atoms with van der Waals surface area (Å²) in [5.41, 5.74) is 2.00. The molecule has 1 aromatic rings. The number of fused-ring (bicyclic) bond motifs is 1. The molecule has 0 spiro atoms. The molecule has 1 N–H and O–H groups in total. The Morgan fingerprint density at radius 1 is 1.27 bits per heavy atom. The second-order valence-electron chi connectivity index (χ2n) is 2.76. The fraction of sp³-hybridized carbons (Fsp3) is 0.333. The van der Waals surface area contributed by atoms with E-state index in [-0.39, 0.29) is 6.10 Å². The molecule has 2 nitrogen and oxygen atoms in total. The van der Waals surface area contributed by atoms with Crippen LogP contribution in [0.1, 0.15) is 30.4 Å². The summed E-state index contributed by atoms with van der Waals surface area (Å²) in [6, 6.07) is 7.74. The second-order valence-corrected chi connectivity index (χ2v) is 2.76. The van der Waals surface area contributed by atoms with E-state index in [1.165, 1.54) is 0 Å². The van der Waals surface area contributed by atoms with Gasteiger partial charge in [0.15, 0.2) is 6.29 Å². The van der Waals surface area contributed by atoms with Crippen LogP contribution in [0.4, 0.5) is 0 Å². The lowest BCUT2D eigenvalue weighted by Gasteiger charge is -2.02. The van der Waals surface area contributed by atoms with Crippen LogP contribution in [0.15, 0.2) is 24.3 Å². The van der Waals surface area contributed by atoms with Crippen LogP contribution in [-0.2, 0) is 4.74 Å². The van der Waals surface area contributed by atoms with E-state index in [1.807, 2.05) is 31.2 Å². The molecule has 0 aliphatic carbocycles. The summed E-state index contributed by atoms with van der Waals surface area (Å²) in [7, 11) is 0. The number of aliphatic hydroxyl groups excluding tert-OH is 1. The van der Waals surface area contributed by atoms with Gasteiger partial charge in [-0.15, -0.1) is 0 Å². The van der Waals surface area contributed by atoms with E-state index in [4.69, 9.17) is 4.74 Å². The van der Waals surface area contributed by atoms with Crippen molar-refractivity contribution in [2.24, 2.45) is 0 Å². The average Bonchev–Trinajstić information content (AvgIpc) is 2.30. The molecule has 2 heteroatoms. The third kappa shape index (κ3) is 0.951. The summed E-state index contributed by atoms with van der Waals surface area (Å²) in [6.45, 7) is 1.94. The van der Waals surface area contributed by atoms with Gasteiger partial charge in [0.25, 0.3) is 0 Å². The van der Waals surface area contributed by atoms with Crippen molar-refractivity contribution in [1.29, 1.82) is 0 Å². The van der Waals surface area contributed by atoms with Crippen LogP contribution in [0, 0.1) is 0 Å². The number of hydrogen-bond acceptors (Lipinski definition) is 2. The Morgan fingerprint density at radius 2 is 1.91 bits per heavy atom. The lowest BCUT2D eigenvalue weighted by Crippen LogP contribution is -1.92. The van der Waals surface area contributed by atoms with Gasteiger partial charge in [0.2, 0.25) is 0 Å². The highest BCUT2D eigenvalue weighted by Gasteiger charge is 2.25. The normalized spacial score (nSPS) is 28.5. The fourth-order valence-corrected chi connectivity index (χ4v) is 1.45. The molecular weight excluding hydrogens is 140 g/mol. The summed E-state index contributed by atoms with van der Waals surface area (Å²) < 4.78 is 5.19. The number of benzene rings is 1. The molecule has 0 fully saturated rings. The average molecular weight is 150 g/mol. The highest BCUT2D eigenvalue weighted by Crippen LogP contribution is 2.36. The Kier molecular flexibility index (Phi) is 1.44. The first-order chi connectivity index (χ1) is 5.29. The Hall–Kier alpha value is -0.860. The summed E-state index contributed by atoms with van der Waals surface area (Å²) in [6.07, 6.45) is -0.692. The van der Waals surface area contributed by atoms with Crippen molar-refractivity contribution < 1.29 is 9.84 Å². The van der Waals surface area contributed by atoms with Gasteiger partial charge < -0.3 is 9.84 Å². The molecule has 1 aliphatic heterocycles. The van der Waals surface area contributed by atoms with E-state index in [9.17, 15) is 5.11 Å². The van der Waals surface area contributed by atoms with Crippen molar-refractivity contribution in [2.45, 2.75) is 19.3 Å². The molecule has 1 heterocycles. The maximum Gasteiger partial charge on any atom is 0.182 e. The van der Waals surface area contributed by atoms with Crippen LogP contribution in [0.5, 0.6) is 0 Å². The lowest BCUT2D eigenvalue weighted by atomic mass is 10.1. The molecule has 0 unspecified atom stereocenters. The lowest BCUT2D eigenvalue weighted by molar-refractivity contribution is -0.115. The molecule has 58 valence electrons. The van der Waals surface area contributed by atoms with Crippen molar-refractivity contribution in [3.8, 4) is 0 Å². The van der Waals surface area contributed by atoms with Crippen molar-refractivity contribution in [1.82, 2.24) is 0 Å². The molecule has 2 atom stereocenters. The van der Waals surface area contributed by atoms with Gasteiger partial charge in [0.05, 0.1) is 6.10 Å². The zero-order chi connectivity index (χ0) is 7.84. The van der Waals surface area contributed by atoms with E-state index in [1.54, 1.807) is 0 Å². The van der Waals surface area contributed by atoms with Crippen molar-refractivity contribution >= 4 is 0 Å². The van der Waals surface area contributed by atoms with Gasteiger partial charge in [-0.1, -0.05) is 24.3 Å². The minimum Gasteiger partial charge on any atom is -0.364 e. The predicted molar refractivity (Wildman–Crippen MR) is 40.9 cm³/mol. The summed E-state index contributed by atoms with van der Waals surface area (Å²) in [4.78, 5) is 0. The molecule has 0 radical (unpaired) electrons. The third-order valence-electron chi connectivity index (χ3n) is 2.03. The van der Waals surface area contributed by atoms with E-state index < -0.39 is 6.29 Å². The van der Waals surface area contributed by atoms with Gasteiger partial charge >= 0.3 is 0 Å². The first-order valence-corrected chi connectivity index (χ1v) is 3.71. The third-order valence-corrected chi connectivity index (χ3v) is 2.03. The van der Waals surface area contributed by atoms with Crippen LogP contribution < -0.4 is 0 Å². The van der Waals surface area contributed by atoms with Gasteiger partial charge in [0.1, 0.15) is 0 Å². The largest absolute Gasteiger partial charge is 0.364 e. The summed E-state index contributed by atoms with van der Waals surface area (Å²) in [5.74, 6) is 0. The van der Waals surface area contributed by atoms with Crippen molar-refractivity contribution in [3.63, 3.8) is 0 Å². The molecule has 0 amide bonds. The highest BCUT2D eigenvalue weighted by atomic mass is 16.6. The zero-order valence-electron chi connectivity index (χ0n) is 6.32. The SMILES string of the molecule is C[C@@H]1O[C@@H](O)c2ccccc21. The molecule has 0 aromatic heterocycles. The Balaban J connectivity index is 2.52. The molecule has 1 aromatic carbocycles. The molecule has 1 aliphatic rings. The van der Waals surface area contributed by atoms with E-state index in [0.29, 0.717) is 0 Å². The topological polar surface area (TPSA) is 29.5 Å². The second kappa shape index (κ2) is 2.32. The first kappa shape index (κ1) is 6.83.